The van der Waals surface area contributed by atoms with Gasteiger partial charge in [-0.05, 0) is 17.7 Å². The molecule has 0 saturated heterocycles. The summed E-state index contributed by atoms with van der Waals surface area (Å²) in [6, 6.07) is 17.5. The predicted molar refractivity (Wildman–Crippen MR) is 86.4 cm³/mol. The van der Waals surface area contributed by atoms with E-state index < -0.39 is 0 Å². The Kier molecular flexibility index (Phi) is 4.39. The van der Waals surface area contributed by atoms with Crippen LogP contribution >= 0.6 is 0 Å². The molecule has 0 aliphatic carbocycles. The van der Waals surface area contributed by atoms with Crippen LogP contribution in [-0.2, 0) is 17.6 Å². The van der Waals surface area contributed by atoms with Crippen molar-refractivity contribution in [3.8, 4) is 0 Å². The third-order valence-electron chi connectivity index (χ3n) is 3.41. The number of fused-ring (bicyclic) bond motifs is 1. The molecule has 1 amide bonds. The molecule has 0 spiro atoms. The van der Waals surface area contributed by atoms with Crippen molar-refractivity contribution in [2.45, 2.75) is 12.8 Å². The second-order valence-corrected chi connectivity index (χ2v) is 5.11. The molecule has 0 unspecified atom stereocenters. The van der Waals surface area contributed by atoms with E-state index in [0.29, 0.717) is 19.4 Å². The van der Waals surface area contributed by atoms with E-state index in [2.05, 4.69) is 15.3 Å². The molecule has 2 aromatic carbocycles. The van der Waals surface area contributed by atoms with Crippen molar-refractivity contribution in [1.29, 1.82) is 0 Å². The van der Waals surface area contributed by atoms with E-state index in [-0.39, 0.29) is 5.91 Å². The molecule has 4 nitrogen and oxygen atoms in total. The Bertz CT molecular complexity index is 771. The van der Waals surface area contributed by atoms with Gasteiger partial charge >= 0.3 is 0 Å². The average molecular weight is 291 g/mol. The fraction of sp³-hybridized carbons (Fsp3) is 0.167. The van der Waals surface area contributed by atoms with Crippen LogP contribution in [0.5, 0.6) is 0 Å². The number of carbonyl (C=O) groups excluding carboxylic acids is 1. The minimum Gasteiger partial charge on any atom is -0.355 e. The molecule has 0 aliphatic heterocycles. The van der Waals surface area contributed by atoms with Gasteiger partial charge in [-0.15, -0.1) is 0 Å². The first-order chi connectivity index (χ1) is 10.8. The number of amides is 1. The zero-order valence-electron chi connectivity index (χ0n) is 12.2. The zero-order valence-corrected chi connectivity index (χ0v) is 12.2. The highest BCUT2D eigenvalue weighted by atomic mass is 16.1. The maximum atomic E-state index is 11.9. The molecule has 1 N–H and O–H groups in total. The maximum Gasteiger partial charge on any atom is 0.224 e. The summed E-state index contributed by atoms with van der Waals surface area (Å²) in [6.45, 7) is 0.568. The number of rotatable bonds is 5. The molecule has 110 valence electrons. The highest BCUT2D eigenvalue weighted by Crippen LogP contribution is 2.08. The normalized spacial score (nSPS) is 10.5. The molecule has 0 radical (unpaired) electrons. The Morgan fingerprint density at radius 2 is 1.68 bits per heavy atom. The lowest BCUT2D eigenvalue weighted by Gasteiger charge is -2.05. The summed E-state index contributed by atoms with van der Waals surface area (Å²) in [5.41, 5.74) is 3.68. The number of para-hydroxylation sites is 2. The standard InChI is InChI=1S/C18H17N3O/c22-18(12-14-6-2-1-3-7-14)19-11-10-15-13-20-16-8-4-5-9-17(16)21-15/h1-9,13H,10-12H2,(H,19,22). The Morgan fingerprint density at radius 1 is 0.955 bits per heavy atom. The molecule has 4 heteroatoms. The quantitative estimate of drug-likeness (QED) is 0.786. The number of hydrogen-bond acceptors (Lipinski definition) is 3. The molecule has 1 aromatic heterocycles. The Balaban J connectivity index is 1.52. The number of hydrogen-bond donors (Lipinski definition) is 1. The Morgan fingerprint density at radius 3 is 2.50 bits per heavy atom. The number of aromatic nitrogens is 2. The number of benzene rings is 2. The van der Waals surface area contributed by atoms with Crippen LogP contribution in [0.2, 0.25) is 0 Å². The van der Waals surface area contributed by atoms with E-state index in [0.717, 1.165) is 22.3 Å². The van der Waals surface area contributed by atoms with Crippen LogP contribution in [0.15, 0.2) is 60.8 Å². The van der Waals surface area contributed by atoms with Gasteiger partial charge in [0.1, 0.15) is 0 Å². The molecule has 0 saturated carbocycles. The highest BCUT2D eigenvalue weighted by molar-refractivity contribution is 5.78. The van der Waals surface area contributed by atoms with Gasteiger partial charge in [-0.25, -0.2) is 4.98 Å². The lowest BCUT2D eigenvalue weighted by molar-refractivity contribution is -0.120. The van der Waals surface area contributed by atoms with Gasteiger partial charge in [0.05, 0.1) is 23.1 Å². The van der Waals surface area contributed by atoms with Gasteiger partial charge in [0.2, 0.25) is 5.91 Å². The Hall–Kier alpha value is -2.75. The fourth-order valence-electron chi connectivity index (χ4n) is 2.29. The van der Waals surface area contributed by atoms with Gasteiger partial charge in [-0.3, -0.25) is 9.78 Å². The zero-order chi connectivity index (χ0) is 15.2. The number of nitrogens with zero attached hydrogens (tertiary/aromatic N) is 2. The Labute approximate surface area is 129 Å². The SMILES string of the molecule is O=C(Cc1ccccc1)NCCc1cnc2ccccc2n1. The maximum absolute atomic E-state index is 11.9. The van der Waals surface area contributed by atoms with Crippen LogP contribution in [0.4, 0.5) is 0 Å². The van der Waals surface area contributed by atoms with Gasteiger partial charge in [0.25, 0.3) is 0 Å². The third kappa shape index (κ3) is 3.67. The van der Waals surface area contributed by atoms with Crippen LogP contribution in [0.3, 0.4) is 0 Å². The van der Waals surface area contributed by atoms with Gasteiger partial charge < -0.3 is 5.32 Å². The molecule has 0 atom stereocenters. The van der Waals surface area contributed by atoms with Crippen molar-refractivity contribution in [1.82, 2.24) is 15.3 Å². The lowest BCUT2D eigenvalue weighted by atomic mass is 10.1. The first kappa shape index (κ1) is 14.2. The second-order valence-electron chi connectivity index (χ2n) is 5.11. The van der Waals surface area contributed by atoms with E-state index in [9.17, 15) is 4.79 Å². The van der Waals surface area contributed by atoms with E-state index in [1.165, 1.54) is 0 Å². The van der Waals surface area contributed by atoms with Crippen molar-refractivity contribution in [3.63, 3.8) is 0 Å². The predicted octanol–water partition coefficient (Wildman–Crippen LogP) is 2.53. The highest BCUT2D eigenvalue weighted by Gasteiger charge is 2.04. The topological polar surface area (TPSA) is 54.9 Å². The van der Waals surface area contributed by atoms with Crippen molar-refractivity contribution in [2.75, 3.05) is 6.54 Å². The van der Waals surface area contributed by atoms with Gasteiger partial charge in [-0.1, -0.05) is 42.5 Å². The van der Waals surface area contributed by atoms with Crippen molar-refractivity contribution in [3.05, 3.63) is 72.1 Å². The summed E-state index contributed by atoms with van der Waals surface area (Å²) in [4.78, 5) is 20.8. The fourth-order valence-corrected chi connectivity index (χ4v) is 2.29. The van der Waals surface area contributed by atoms with Crippen LogP contribution in [0.1, 0.15) is 11.3 Å². The van der Waals surface area contributed by atoms with Gasteiger partial charge in [0.15, 0.2) is 0 Å². The smallest absolute Gasteiger partial charge is 0.224 e. The summed E-state index contributed by atoms with van der Waals surface area (Å²) in [7, 11) is 0. The molecule has 0 aliphatic rings. The monoisotopic (exact) mass is 291 g/mol. The second kappa shape index (κ2) is 6.80. The molecule has 1 heterocycles. The summed E-state index contributed by atoms with van der Waals surface area (Å²) in [5.74, 6) is 0.0277. The van der Waals surface area contributed by atoms with Crippen molar-refractivity contribution < 1.29 is 4.79 Å². The lowest BCUT2D eigenvalue weighted by Crippen LogP contribution is -2.27. The van der Waals surface area contributed by atoms with Crippen LogP contribution < -0.4 is 5.32 Å². The molecule has 3 aromatic rings. The molecular formula is C18H17N3O. The minimum absolute atomic E-state index is 0.0277. The first-order valence-electron chi connectivity index (χ1n) is 7.32. The van der Waals surface area contributed by atoms with Crippen molar-refractivity contribution in [2.24, 2.45) is 0 Å². The molecule has 22 heavy (non-hydrogen) atoms. The molecule has 0 bridgehead atoms. The average Bonchev–Trinajstić information content (AvgIpc) is 2.55. The third-order valence-corrected chi connectivity index (χ3v) is 3.41. The van der Waals surface area contributed by atoms with Gasteiger partial charge in [-0.2, -0.15) is 0 Å². The summed E-state index contributed by atoms with van der Waals surface area (Å²) in [6.07, 6.45) is 2.86. The molecule has 0 fully saturated rings. The van der Waals surface area contributed by atoms with E-state index in [1.807, 2.05) is 54.6 Å². The van der Waals surface area contributed by atoms with Crippen LogP contribution in [0, 0.1) is 0 Å². The first-order valence-corrected chi connectivity index (χ1v) is 7.32. The largest absolute Gasteiger partial charge is 0.355 e. The molecule has 3 rings (SSSR count). The van der Waals surface area contributed by atoms with Crippen LogP contribution in [-0.4, -0.2) is 22.4 Å². The van der Waals surface area contributed by atoms with Crippen LogP contribution in [0.25, 0.3) is 11.0 Å². The number of carbonyl (C=O) groups is 1. The minimum atomic E-state index is 0.0277. The summed E-state index contributed by atoms with van der Waals surface area (Å²) >= 11 is 0. The van der Waals surface area contributed by atoms with E-state index >= 15 is 0 Å². The number of nitrogens with one attached hydrogen (secondary N) is 1. The van der Waals surface area contributed by atoms with E-state index in [1.54, 1.807) is 6.20 Å². The summed E-state index contributed by atoms with van der Waals surface area (Å²) < 4.78 is 0. The van der Waals surface area contributed by atoms with Crippen molar-refractivity contribution >= 4 is 16.9 Å². The molecular weight excluding hydrogens is 274 g/mol. The van der Waals surface area contributed by atoms with E-state index in [4.69, 9.17) is 0 Å². The summed E-state index contributed by atoms with van der Waals surface area (Å²) in [5, 5.41) is 2.92. The van der Waals surface area contributed by atoms with Gasteiger partial charge in [0, 0.05) is 19.2 Å².